The van der Waals surface area contributed by atoms with Crippen molar-refractivity contribution in [1.82, 2.24) is 4.57 Å². The van der Waals surface area contributed by atoms with Crippen LogP contribution < -0.4 is 0 Å². The van der Waals surface area contributed by atoms with Gasteiger partial charge in [-0.15, -0.1) is 22.7 Å². The lowest BCUT2D eigenvalue weighted by Gasteiger charge is -2.31. The molecule has 5 heterocycles. The van der Waals surface area contributed by atoms with Crippen LogP contribution in [0.3, 0.4) is 0 Å². The SMILES string of the molecule is C1=Cc2ccccc2C(/C2=C3\Cc4ccc5c6cc7ccccc7cc6n(c5c4)-c4c(ccc5sc6ccccc6c45)\C3=N\C(c3cccc4sc5ccccc5c34)CCC2)C1. The topological polar surface area (TPSA) is 17.3 Å². The van der Waals surface area contributed by atoms with Crippen LogP contribution >= 0.6 is 22.7 Å². The Balaban J connectivity index is 1.15. The van der Waals surface area contributed by atoms with Gasteiger partial charge in [0.1, 0.15) is 0 Å². The maximum absolute atomic E-state index is 6.28. The van der Waals surface area contributed by atoms with E-state index in [4.69, 9.17) is 4.99 Å². The lowest BCUT2D eigenvalue weighted by Crippen LogP contribution is -2.20. The van der Waals surface area contributed by atoms with Crippen LogP contribution in [0.2, 0.25) is 0 Å². The predicted octanol–water partition coefficient (Wildman–Crippen LogP) is 16.4. The Morgan fingerprint density at radius 2 is 1.27 bits per heavy atom. The average Bonchev–Trinajstić information content (AvgIpc) is 3.99. The van der Waals surface area contributed by atoms with Gasteiger partial charge in [-0.05, 0) is 119 Å². The number of rotatable bonds is 2. The monoisotopic (exact) mass is 828 g/mol. The van der Waals surface area contributed by atoms with E-state index >= 15 is 0 Å². The second-order valence-electron chi connectivity index (χ2n) is 17.5. The average molecular weight is 829 g/mol. The van der Waals surface area contributed by atoms with E-state index in [1.165, 1.54) is 118 Å². The lowest BCUT2D eigenvalue weighted by atomic mass is 9.75. The first-order valence-corrected chi connectivity index (χ1v) is 23.7. The molecule has 4 heteroatoms. The molecular formula is C58H40N2S2. The van der Waals surface area contributed by atoms with Crippen LogP contribution in [0.1, 0.15) is 65.5 Å². The molecule has 0 spiro atoms. The molecule has 0 saturated carbocycles. The molecule has 0 radical (unpaired) electrons. The van der Waals surface area contributed by atoms with Crippen molar-refractivity contribution in [3.05, 3.63) is 203 Å². The van der Waals surface area contributed by atoms with Gasteiger partial charge in [0.2, 0.25) is 0 Å². The van der Waals surface area contributed by atoms with Crippen molar-refractivity contribution in [3.8, 4) is 5.69 Å². The van der Waals surface area contributed by atoms with Gasteiger partial charge in [0.05, 0.1) is 28.5 Å². The third-order valence-corrected chi connectivity index (χ3v) is 16.5. The fourth-order valence-electron chi connectivity index (χ4n) is 11.5. The van der Waals surface area contributed by atoms with Crippen molar-refractivity contribution in [3.63, 3.8) is 0 Å². The molecule has 0 amide bonds. The Labute approximate surface area is 367 Å². The number of nitrogens with zero attached hydrogens (tertiary/aromatic N) is 2. The summed E-state index contributed by atoms with van der Waals surface area (Å²) in [4.78, 5) is 6.28. The first kappa shape index (κ1) is 35.1. The first-order valence-electron chi connectivity index (χ1n) is 22.1. The third kappa shape index (κ3) is 5.11. The highest BCUT2D eigenvalue weighted by Crippen LogP contribution is 2.49. The number of hydrogen-bond acceptors (Lipinski definition) is 3. The number of allylic oxidation sites excluding steroid dienone is 3. The van der Waals surface area contributed by atoms with Crippen LogP contribution in [-0.2, 0) is 6.42 Å². The number of benzene rings is 8. The summed E-state index contributed by atoms with van der Waals surface area (Å²) in [5.41, 5.74) is 14.6. The number of aromatic nitrogens is 1. The molecule has 2 unspecified atom stereocenters. The zero-order chi connectivity index (χ0) is 40.5. The van der Waals surface area contributed by atoms with Crippen LogP contribution in [0.4, 0.5) is 0 Å². The molecule has 2 nitrogen and oxygen atoms in total. The molecule has 2 bridgehead atoms. The van der Waals surface area contributed by atoms with Gasteiger partial charge in [-0.3, -0.25) is 4.99 Å². The molecule has 3 aromatic heterocycles. The summed E-state index contributed by atoms with van der Waals surface area (Å²) < 4.78 is 7.96. The molecule has 8 aromatic carbocycles. The molecule has 14 rings (SSSR count). The Kier molecular flexibility index (Phi) is 7.61. The fraction of sp³-hybridized carbons (Fsp3) is 0.121. The second kappa shape index (κ2) is 13.5. The van der Waals surface area contributed by atoms with E-state index in [2.05, 4.69) is 174 Å². The summed E-state index contributed by atoms with van der Waals surface area (Å²) in [6.07, 6.45) is 9.70. The predicted molar refractivity (Wildman–Crippen MR) is 267 cm³/mol. The van der Waals surface area contributed by atoms with E-state index in [0.717, 1.165) is 32.1 Å². The van der Waals surface area contributed by atoms with Gasteiger partial charge in [-0.25, -0.2) is 0 Å². The summed E-state index contributed by atoms with van der Waals surface area (Å²) in [7, 11) is 0. The molecule has 0 fully saturated rings. The Bertz CT molecular complexity index is 3810. The highest BCUT2D eigenvalue weighted by molar-refractivity contribution is 7.26. The molecule has 3 aliphatic rings. The lowest BCUT2D eigenvalue weighted by molar-refractivity contribution is 0.589. The van der Waals surface area contributed by atoms with Gasteiger partial charge in [0.15, 0.2) is 0 Å². The Morgan fingerprint density at radius 1 is 0.565 bits per heavy atom. The second-order valence-corrected chi connectivity index (χ2v) is 19.7. The highest BCUT2D eigenvalue weighted by Gasteiger charge is 2.33. The van der Waals surface area contributed by atoms with E-state index in [0.29, 0.717) is 5.92 Å². The van der Waals surface area contributed by atoms with Gasteiger partial charge < -0.3 is 4.57 Å². The minimum absolute atomic E-state index is 0.00112. The summed E-state index contributed by atoms with van der Waals surface area (Å²) in [6, 6.07) is 60.0. The van der Waals surface area contributed by atoms with Gasteiger partial charge in [-0.1, -0.05) is 127 Å². The van der Waals surface area contributed by atoms with Crippen LogP contribution in [0.5, 0.6) is 0 Å². The van der Waals surface area contributed by atoms with Crippen LogP contribution in [0, 0.1) is 0 Å². The zero-order valence-corrected chi connectivity index (χ0v) is 35.7. The van der Waals surface area contributed by atoms with Crippen molar-refractivity contribution < 1.29 is 0 Å². The van der Waals surface area contributed by atoms with Gasteiger partial charge >= 0.3 is 0 Å². The third-order valence-electron chi connectivity index (χ3n) is 14.2. The maximum Gasteiger partial charge on any atom is 0.0763 e. The quantitative estimate of drug-likeness (QED) is 0.165. The minimum atomic E-state index is -0.00112. The van der Waals surface area contributed by atoms with E-state index in [-0.39, 0.29) is 6.04 Å². The molecule has 0 saturated heterocycles. The summed E-state index contributed by atoms with van der Waals surface area (Å²) in [6.45, 7) is 0. The molecule has 62 heavy (non-hydrogen) atoms. The van der Waals surface area contributed by atoms with Crippen molar-refractivity contribution in [2.24, 2.45) is 4.99 Å². The smallest absolute Gasteiger partial charge is 0.0763 e. The summed E-state index contributed by atoms with van der Waals surface area (Å²) in [5.74, 6) is 0.293. The van der Waals surface area contributed by atoms with Gasteiger partial charge in [-0.2, -0.15) is 0 Å². The van der Waals surface area contributed by atoms with Crippen molar-refractivity contribution >= 4 is 107 Å². The molecule has 2 aliphatic heterocycles. The van der Waals surface area contributed by atoms with Gasteiger partial charge in [0.25, 0.3) is 0 Å². The van der Waals surface area contributed by atoms with E-state index in [1.807, 2.05) is 22.7 Å². The highest BCUT2D eigenvalue weighted by atomic mass is 32.1. The number of fused-ring (bicyclic) bond motifs is 17. The van der Waals surface area contributed by atoms with Crippen molar-refractivity contribution in [2.45, 2.75) is 44.1 Å². The summed E-state index contributed by atoms with van der Waals surface area (Å²) >= 11 is 3.82. The van der Waals surface area contributed by atoms with Gasteiger partial charge in [0, 0.05) is 62.6 Å². The van der Waals surface area contributed by atoms with Crippen molar-refractivity contribution in [1.29, 1.82) is 0 Å². The zero-order valence-electron chi connectivity index (χ0n) is 34.1. The Morgan fingerprint density at radius 3 is 2.15 bits per heavy atom. The molecule has 0 N–H and O–H groups in total. The molecule has 294 valence electrons. The molecular weight excluding hydrogens is 789 g/mol. The normalized spacial score (nSPS) is 19.6. The van der Waals surface area contributed by atoms with Crippen LogP contribution in [-0.4, -0.2) is 10.3 Å². The Hall–Kier alpha value is -6.59. The number of aliphatic imine (C=N–C) groups is 1. The number of thiophene rings is 2. The standard InChI is InChI=1S/C58H40N2S2/c1-2-14-37-33-50-46(32-36(37)13-1)41-27-26-34-30-47-40(39-19-9-15-35-12-3-4-16-38(35)39)20-10-22-48(42-21-11-25-53-55(42)43-17-5-7-23-51(43)61-53)59-57(47)45-28-29-54-56(58(45)60(50)49(41)31-34)44-18-6-8-24-52(44)62-54/h1-9,11-18,21,23-29,31-33,39,48H,10,19-20,22,30H2/b47-40+,59-57-. The summed E-state index contributed by atoms with van der Waals surface area (Å²) in [5, 5.41) is 10.5. The molecule has 11 aromatic rings. The first-order chi connectivity index (χ1) is 30.7. The van der Waals surface area contributed by atoms with Crippen molar-refractivity contribution in [2.75, 3.05) is 0 Å². The van der Waals surface area contributed by atoms with E-state index in [9.17, 15) is 0 Å². The largest absolute Gasteiger partial charge is 0.308 e. The minimum Gasteiger partial charge on any atom is -0.308 e. The molecule has 2 atom stereocenters. The van der Waals surface area contributed by atoms with Crippen LogP contribution in [0.15, 0.2) is 180 Å². The number of hydrogen-bond donors (Lipinski definition) is 0. The fourth-order valence-corrected chi connectivity index (χ4v) is 13.7. The van der Waals surface area contributed by atoms with E-state index in [1.54, 1.807) is 5.57 Å². The van der Waals surface area contributed by atoms with E-state index < -0.39 is 0 Å². The van der Waals surface area contributed by atoms with Crippen LogP contribution in [0.25, 0.3) is 84.7 Å². The molecule has 1 aliphatic carbocycles. The maximum atomic E-state index is 6.28.